The van der Waals surface area contributed by atoms with Gasteiger partial charge in [0.1, 0.15) is 24.0 Å². The van der Waals surface area contributed by atoms with E-state index in [1.54, 1.807) is 6.08 Å². The lowest BCUT2D eigenvalue weighted by atomic mass is 10.1. The summed E-state index contributed by atoms with van der Waals surface area (Å²) in [7, 11) is 0. The van der Waals surface area contributed by atoms with Crippen LogP contribution in [0.1, 0.15) is 30.9 Å². The van der Waals surface area contributed by atoms with Crippen LogP contribution >= 0.6 is 0 Å². The van der Waals surface area contributed by atoms with Crippen molar-refractivity contribution in [2.75, 3.05) is 6.54 Å². The molecular formula is C21H22N2O2. The largest absolute Gasteiger partial charge is 0.488 e. The molecule has 4 heteroatoms. The molecule has 0 aliphatic carbocycles. The number of nitriles is 1. The van der Waals surface area contributed by atoms with Crippen molar-refractivity contribution >= 4 is 12.0 Å². The van der Waals surface area contributed by atoms with Crippen LogP contribution in [-0.4, -0.2) is 12.5 Å². The van der Waals surface area contributed by atoms with E-state index >= 15 is 0 Å². The Morgan fingerprint density at radius 1 is 1.16 bits per heavy atom. The molecule has 0 fully saturated rings. The highest BCUT2D eigenvalue weighted by Gasteiger charge is 2.10. The fourth-order valence-corrected chi connectivity index (χ4v) is 2.24. The highest BCUT2D eigenvalue weighted by molar-refractivity contribution is 6.01. The smallest absolute Gasteiger partial charge is 0.261 e. The molecule has 0 saturated heterocycles. The van der Waals surface area contributed by atoms with Crippen molar-refractivity contribution in [2.24, 2.45) is 0 Å². The van der Waals surface area contributed by atoms with Crippen LogP contribution in [-0.2, 0) is 11.4 Å². The van der Waals surface area contributed by atoms with Gasteiger partial charge in [-0.1, -0.05) is 61.9 Å². The Labute approximate surface area is 148 Å². The van der Waals surface area contributed by atoms with Gasteiger partial charge in [-0.3, -0.25) is 4.79 Å². The molecule has 0 heterocycles. The average Bonchev–Trinajstić information content (AvgIpc) is 2.66. The van der Waals surface area contributed by atoms with Crippen molar-refractivity contribution < 1.29 is 9.53 Å². The summed E-state index contributed by atoms with van der Waals surface area (Å²) in [5.41, 5.74) is 1.84. The molecule has 0 aromatic heterocycles. The van der Waals surface area contributed by atoms with Gasteiger partial charge in [0.05, 0.1) is 0 Å². The van der Waals surface area contributed by atoms with Crippen LogP contribution in [0.3, 0.4) is 0 Å². The second-order valence-corrected chi connectivity index (χ2v) is 5.59. The minimum absolute atomic E-state index is 0.0758. The molecule has 0 aliphatic heterocycles. The van der Waals surface area contributed by atoms with Crippen molar-refractivity contribution in [2.45, 2.75) is 26.4 Å². The summed E-state index contributed by atoms with van der Waals surface area (Å²) < 4.78 is 5.86. The third kappa shape index (κ3) is 5.82. The molecule has 0 bridgehead atoms. The SMILES string of the molecule is CCCCNC(=O)/C(C#N)=C/c1ccccc1OCc1ccccc1. The maximum Gasteiger partial charge on any atom is 0.261 e. The molecule has 25 heavy (non-hydrogen) atoms. The van der Waals surface area contributed by atoms with E-state index in [9.17, 15) is 10.1 Å². The molecule has 0 unspecified atom stereocenters. The highest BCUT2D eigenvalue weighted by atomic mass is 16.5. The van der Waals surface area contributed by atoms with Gasteiger partial charge in [0.25, 0.3) is 5.91 Å². The molecule has 2 aromatic rings. The van der Waals surface area contributed by atoms with Crippen LogP contribution in [0, 0.1) is 11.3 Å². The van der Waals surface area contributed by atoms with Gasteiger partial charge >= 0.3 is 0 Å². The van der Waals surface area contributed by atoms with Gasteiger partial charge in [-0.15, -0.1) is 0 Å². The first-order valence-electron chi connectivity index (χ1n) is 8.40. The molecule has 1 amide bonds. The van der Waals surface area contributed by atoms with Crippen LogP contribution in [0.5, 0.6) is 5.75 Å². The van der Waals surface area contributed by atoms with E-state index in [-0.39, 0.29) is 11.5 Å². The van der Waals surface area contributed by atoms with Crippen molar-refractivity contribution in [3.05, 3.63) is 71.3 Å². The lowest BCUT2D eigenvalue weighted by molar-refractivity contribution is -0.117. The molecule has 2 aromatic carbocycles. The Morgan fingerprint density at radius 2 is 1.88 bits per heavy atom. The van der Waals surface area contributed by atoms with Crippen LogP contribution in [0.15, 0.2) is 60.2 Å². The van der Waals surface area contributed by atoms with Gasteiger partial charge in [-0.2, -0.15) is 5.26 Å². The number of amides is 1. The summed E-state index contributed by atoms with van der Waals surface area (Å²) in [4.78, 5) is 12.1. The number of ether oxygens (including phenoxy) is 1. The maximum atomic E-state index is 12.1. The van der Waals surface area contributed by atoms with Crippen LogP contribution < -0.4 is 10.1 Å². The summed E-state index contributed by atoms with van der Waals surface area (Å²) in [6, 6.07) is 19.2. The first-order chi connectivity index (χ1) is 12.2. The van der Waals surface area contributed by atoms with E-state index < -0.39 is 0 Å². The first-order valence-corrected chi connectivity index (χ1v) is 8.40. The fraction of sp³-hybridized carbons (Fsp3) is 0.238. The number of rotatable bonds is 8. The third-order valence-electron chi connectivity index (χ3n) is 3.64. The van der Waals surface area contributed by atoms with Gasteiger partial charge < -0.3 is 10.1 Å². The number of hydrogen-bond donors (Lipinski definition) is 1. The normalized spacial score (nSPS) is 10.8. The standard InChI is InChI=1S/C21H22N2O2/c1-2-3-13-23-21(24)19(15-22)14-18-11-7-8-12-20(18)25-16-17-9-5-4-6-10-17/h4-12,14H,2-3,13,16H2,1H3,(H,23,24)/b19-14+. The summed E-state index contributed by atoms with van der Waals surface area (Å²) >= 11 is 0. The Kier molecular flexibility index (Phi) is 7.27. The zero-order chi connectivity index (χ0) is 17.9. The number of unbranched alkanes of at least 4 members (excludes halogenated alkanes) is 1. The number of nitrogens with zero attached hydrogens (tertiary/aromatic N) is 1. The monoisotopic (exact) mass is 334 g/mol. The molecular weight excluding hydrogens is 312 g/mol. The van der Waals surface area contributed by atoms with E-state index in [4.69, 9.17) is 4.74 Å². The topological polar surface area (TPSA) is 62.1 Å². The fourth-order valence-electron chi connectivity index (χ4n) is 2.24. The van der Waals surface area contributed by atoms with Crippen molar-refractivity contribution in [3.8, 4) is 11.8 Å². The van der Waals surface area contributed by atoms with Gasteiger partial charge in [0.15, 0.2) is 0 Å². The first kappa shape index (κ1) is 18.3. The van der Waals surface area contributed by atoms with Crippen LogP contribution in [0.25, 0.3) is 6.08 Å². The van der Waals surface area contributed by atoms with Gasteiger partial charge in [0, 0.05) is 12.1 Å². The average molecular weight is 334 g/mol. The lowest BCUT2D eigenvalue weighted by Crippen LogP contribution is -2.25. The van der Waals surface area contributed by atoms with E-state index in [2.05, 4.69) is 5.32 Å². The molecule has 4 nitrogen and oxygen atoms in total. The van der Waals surface area contributed by atoms with Crippen LogP contribution in [0.2, 0.25) is 0 Å². The van der Waals surface area contributed by atoms with Crippen LogP contribution in [0.4, 0.5) is 0 Å². The second-order valence-electron chi connectivity index (χ2n) is 5.59. The third-order valence-corrected chi connectivity index (χ3v) is 3.64. The maximum absolute atomic E-state index is 12.1. The molecule has 128 valence electrons. The summed E-state index contributed by atoms with van der Waals surface area (Å²) in [6.07, 6.45) is 3.45. The molecule has 0 aliphatic rings. The zero-order valence-corrected chi connectivity index (χ0v) is 14.4. The predicted octanol–water partition coefficient (Wildman–Crippen LogP) is 4.09. The van der Waals surface area contributed by atoms with E-state index in [0.29, 0.717) is 24.5 Å². The molecule has 0 atom stereocenters. The Morgan fingerprint density at radius 3 is 2.60 bits per heavy atom. The second kappa shape index (κ2) is 9.94. The van der Waals surface area contributed by atoms with Gasteiger partial charge in [0.2, 0.25) is 0 Å². The Balaban J connectivity index is 2.12. The van der Waals surface area contributed by atoms with Crippen molar-refractivity contribution in [1.82, 2.24) is 5.32 Å². The summed E-state index contributed by atoms with van der Waals surface area (Å²) in [6.45, 7) is 3.05. The van der Waals surface area contributed by atoms with E-state index in [0.717, 1.165) is 18.4 Å². The number of para-hydroxylation sites is 1. The molecule has 2 rings (SSSR count). The predicted molar refractivity (Wildman–Crippen MR) is 98.7 cm³/mol. The minimum Gasteiger partial charge on any atom is -0.488 e. The number of carbonyl (C=O) groups excluding carboxylic acids is 1. The number of carbonyl (C=O) groups is 1. The summed E-state index contributed by atoms with van der Waals surface area (Å²) in [5.74, 6) is 0.286. The van der Waals surface area contributed by atoms with E-state index in [1.807, 2.05) is 67.6 Å². The zero-order valence-electron chi connectivity index (χ0n) is 14.4. The summed E-state index contributed by atoms with van der Waals surface area (Å²) in [5, 5.41) is 12.1. The number of nitrogens with one attached hydrogen (secondary N) is 1. The number of benzene rings is 2. The number of hydrogen-bond acceptors (Lipinski definition) is 3. The molecule has 0 radical (unpaired) electrons. The lowest BCUT2D eigenvalue weighted by Gasteiger charge is -2.10. The van der Waals surface area contributed by atoms with Crippen molar-refractivity contribution in [1.29, 1.82) is 5.26 Å². The Hall–Kier alpha value is -3.06. The van der Waals surface area contributed by atoms with Gasteiger partial charge in [-0.05, 0) is 24.1 Å². The highest BCUT2D eigenvalue weighted by Crippen LogP contribution is 2.22. The van der Waals surface area contributed by atoms with Gasteiger partial charge in [-0.25, -0.2) is 0 Å². The van der Waals surface area contributed by atoms with Crippen molar-refractivity contribution in [3.63, 3.8) is 0 Å². The minimum atomic E-state index is -0.353. The van der Waals surface area contributed by atoms with E-state index in [1.165, 1.54) is 0 Å². The molecule has 0 saturated carbocycles. The molecule has 1 N–H and O–H groups in total. The Bertz CT molecular complexity index is 761. The molecule has 0 spiro atoms. The quantitative estimate of drug-likeness (QED) is 0.449.